The lowest BCUT2D eigenvalue weighted by atomic mass is 9.91. The van der Waals surface area contributed by atoms with E-state index in [1.807, 2.05) is 26.0 Å². The monoisotopic (exact) mass is 258 g/mol. The summed E-state index contributed by atoms with van der Waals surface area (Å²) in [5.41, 5.74) is 3.23. The molecule has 100 valence electrons. The van der Waals surface area contributed by atoms with Crippen LogP contribution in [-0.2, 0) is 9.53 Å². The van der Waals surface area contributed by atoms with Crippen molar-refractivity contribution in [2.24, 2.45) is 5.92 Å². The largest absolute Gasteiger partial charge is 0.454 e. The molecule has 0 aliphatic carbocycles. The summed E-state index contributed by atoms with van der Waals surface area (Å²) < 4.78 is 5.40. The van der Waals surface area contributed by atoms with E-state index in [4.69, 9.17) is 4.74 Å². The molecule has 1 aromatic rings. The molecular weight excluding hydrogens is 240 g/mol. The van der Waals surface area contributed by atoms with Crippen molar-refractivity contribution in [2.45, 2.75) is 33.8 Å². The summed E-state index contributed by atoms with van der Waals surface area (Å²) in [4.78, 5) is 23.0. The molecule has 1 aromatic carbocycles. The molecule has 19 heavy (non-hydrogen) atoms. The molecule has 0 aromatic heterocycles. The highest BCUT2D eigenvalue weighted by atomic mass is 16.5. The lowest BCUT2D eigenvalue weighted by Crippen LogP contribution is -2.18. The summed E-state index contributed by atoms with van der Waals surface area (Å²) in [6.07, 6.45) is -0.198. The lowest BCUT2D eigenvalue weighted by molar-refractivity contribution is -0.140. The quantitative estimate of drug-likeness (QED) is 0.617. The summed E-state index contributed by atoms with van der Waals surface area (Å²) in [6.45, 7) is 7.39. The predicted octanol–water partition coefficient (Wildman–Crippen LogP) is 3.24. The van der Waals surface area contributed by atoms with Crippen LogP contribution in [0.1, 0.15) is 43.6 Å². The highest BCUT2D eigenvalue weighted by molar-refractivity contribution is 6.02. The van der Waals surface area contributed by atoms with Gasteiger partial charge in [0.1, 0.15) is 6.10 Å². The van der Waals surface area contributed by atoms with Gasteiger partial charge in [-0.2, -0.15) is 0 Å². The van der Waals surface area contributed by atoms with Crippen molar-refractivity contribution in [1.82, 2.24) is 0 Å². The summed E-state index contributed by atoms with van der Waals surface area (Å²) in [6, 6.07) is 7.34. The number of hydrogen-bond acceptors (Lipinski definition) is 3. The first-order valence-electron chi connectivity index (χ1n) is 6.45. The highest BCUT2D eigenvalue weighted by Gasteiger charge is 2.34. The van der Waals surface area contributed by atoms with Gasteiger partial charge in [-0.15, -0.1) is 0 Å². The third-order valence-electron chi connectivity index (χ3n) is 3.44. The van der Waals surface area contributed by atoms with Crippen LogP contribution in [0.25, 0.3) is 5.57 Å². The number of ketones is 1. The van der Waals surface area contributed by atoms with Gasteiger partial charge in [0, 0.05) is 16.7 Å². The summed E-state index contributed by atoms with van der Waals surface area (Å²) >= 11 is 0. The molecule has 2 rings (SSSR count). The molecule has 0 N–H and O–H groups in total. The first-order valence-corrected chi connectivity index (χ1v) is 6.45. The van der Waals surface area contributed by atoms with Gasteiger partial charge in [-0.25, -0.2) is 4.79 Å². The van der Waals surface area contributed by atoms with Crippen LogP contribution in [0, 0.1) is 5.92 Å². The zero-order chi connectivity index (χ0) is 14.2. The third-order valence-corrected chi connectivity index (χ3v) is 3.44. The Morgan fingerprint density at radius 1 is 1.21 bits per heavy atom. The number of hydrogen-bond donors (Lipinski definition) is 0. The molecule has 0 saturated carbocycles. The number of Topliss-reactive ketones (excluding diaryl/α,β-unsaturated/α-hetero) is 1. The number of rotatable bonds is 3. The fraction of sp³-hybridized carbons (Fsp3) is 0.375. The van der Waals surface area contributed by atoms with Crippen LogP contribution >= 0.6 is 0 Å². The molecule has 1 heterocycles. The standard InChI is InChI=1S/C16H18O3/c1-9(2)15-14(10(3)16(18)19-15)13-7-5-12(6-8-13)11(4)17/h5-9,15H,1-4H3. The maximum Gasteiger partial charge on any atom is 0.334 e. The van der Waals surface area contributed by atoms with E-state index in [0.29, 0.717) is 11.1 Å². The van der Waals surface area contributed by atoms with Crippen LogP contribution in [0.15, 0.2) is 29.8 Å². The molecule has 0 radical (unpaired) electrons. The van der Waals surface area contributed by atoms with Gasteiger partial charge in [0.15, 0.2) is 5.78 Å². The van der Waals surface area contributed by atoms with Crippen LogP contribution in [0.3, 0.4) is 0 Å². The van der Waals surface area contributed by atoms with Crippen molar-refractivity contribution in [1.29, 1.82) is 0 Å². The Morgan fingerprint density at radius 3 is 2.26 bits per heavy atom. The van der Waals surface area contributed by atoms with Crippen molar-refractivity contribution in [2.75, 3.05) is 0 Å². The van der Waals surface area contributed by atoms with Gasteiger partial charge in [0.05, 0.1) is 0 Å². The first-order chi connectivity index (χ1) is 8.91. The van der Waals surface area contributed by atoms with Crippen molar-refractivity contribution in [3.63, 3.8) is 0 Å². The molecule has 1 aliphatic heterocycles. The molecule has 1 atom stereocenters. The zero-order valence-corrected chi connectivity index (χ0v) is 11.7. The highest BCUT2D eigenvalue weighted by Crippen LogP contribution is 2.35. The minimum atomic E-state index is -0.246. The molecule has 3 nitrogen and oxygen atoms in total. The number of ether oxygens (including phenoxy) is 1. The molecule has 0 bridgehead atoms. The Bertz CT molecular complexity index is 550. The molecule has 0 amide bonds. The Hall–Kier alpha value is -1.90. The summed E-state index contributed by atoms with van der Waals surface area (Å²) in [5.74, 6) is 0.0182. The van der Waals surface area contributed by atoms with Crippen LogP contribution in [0.5, 0.6) is 0 Å². The van der Waals surface area contributed by atoms with Crippen molar-refractivity contribution in [3.05, 3.63) is 41.0 Å². The van der Waals surface area contributed by atoms with Crippen molar-refractivity contribution >= 4 is 17.3 Å². The molecule has 1 aliphatic rings. The number of carbonyl (C=O) groups is 2. The van der Waals surface area contributed by atoms with Gasteiger partial charge in [-0.3, -0.25) is 4.79 Å². The van der Waals surface area contributed by atoms with E-state index in [2.05, 4.69) is 0 Å². The van der Waals surface area contributed by atoms with Gasteiger partial charge in [-0.1, -0.05) is 38.1 Å². The lowest BCUT2D eigenvalue weighted by Gasteiger charge is -2.18. The van der Waals surface area contributed by atoms with Crippen molar-refractivity contribution < 1.29 is 14.3 Å². The van der Waals surface area contributed by atoms with Crippen LogP contribution in [0.4, 0.5) is 0 Å². The molecular formula is C16H18O3. The first kappa shape index (κ1) is 13.5. The third kappa shape index (κ3) is 2.46. The fourth-order valence-corrected chi connectivity index (χ4v) is 2.32. The van der Waals surface area contributed by atoms with E-state index in [0.717, 1.165) is 11.1 Å². The maximum absolute atomic E-state index is 11.7. The van der Waals surface area contributed by atoms with E-state index in [9.17, 15) is 9.59 Å². The van der Waals surface area contributed by atoms with Crippen LogP contribution in [0.2, 0.25) is 0 Å². The number of esters is 1. The van der Waals surface area contributed by atoms with Gasteiger partial charge < -0.3 is 4.74 Å². The van der Waals surface area contributed by atoms with E-state index in [1.165, 1.54) is 0 Å². The van der Waals surface area contributed by atoms with Crippen molar-refractivity contribution in [3.8, 4) is 0 Å². The number of benzene rings is 1. The molecule has 0 spiro atoms. The Kier molecular flexibility index (Phi) is 3.56. The van der Waals surface area contributed by atoms with Gasteiger partial charge in [0.2, 0.25) is 0 Å². The molecule has 1 unspecified atom stereocenters. The van der Waals surface area contributed by atoms with Crippen LogP contribution in [-0.4, -0.2) is 17.9 Å². The smallest absolute Gasteiger partial charge is 0.334 e. The average Bonchev–Trinajstić information content (AvgIpc) is 2.66. The SMILES string of the molecule is CC(=O)c1ccc(C2=C(C)C(=O)OC2C(C)C)cc1. The second-order valence-corrected chi connectivity index (χ2v) is 5.24. The number of cyclic esters (lactones) is 1. The minimum absolute atomic E-state index is 0.0383. The Morgan fingerprint density at radius 2 is 1.79 bits per heavy atom. The number of carbonyl (C=O) groups excluding carboxylic acids is 2. The van der Waals surface area contributed by atoms with E-state index in [1.54, 1.807) is 26.0 Å². The normalized spacial score (nSPS) is 19.0. The van der Waals surface area contributed by atoms with Gasteiger partial charge in [0.25, 0.3) is 0 Å². The maximum atomic E-state index is 11.7. The van der Waals surface area contributed by atoms with E-state index >= 15 is 0 Å². The van der Waals surface area contributed by atoms with E-state index < -0.39 is 0 Å². The summed E-state index contributed by atoms with van der Waals surface area (Å²) in [7, 11) is 0. The molecule has 3 heteroatoms. The zero-order valence-electron chi connectivity index (χ0n) is 11.7. The fourth-order valence-electron chi connectivity index (χ4n) is 2.32. The van der Waals surface area contributed by atoms with Crippen LogP contribution < -0.4 is 0 Å². The average molecular weight is 258 g/mol. The summed E-state index contributed by atoms with van der Waals surface area (Å²) in [5, 5.41) is 0. The predicted molar refractivity (Wildman–Crippen MR) is 73.8 cm³/mol. The Labute approximate surface area is 113 Å². The topological polar surface area (TPSA) is 43.4 Å². The molecule has 0 saturated heterocycles. The molecule has 0 fully saturated rings. The van der Waals surface area contributed by atoms with Gasteiger partial charge >= 0.3 is 5.97 Å². The Balaban J connectivity index is 2.43. The van der Waals surface area contributed by atoms with Gasteiger partial charge in [-0.05, 0) is 25.3 Å². The van der Waals surface area contributed by atoms with E-state index in [-0.39, 0.29) is 23.8 Å². The second-order valence-electron chi connectivity index (χ2n) is 5.24. The second kappa shape index (κ2) is 5.00. The minimum Gasteiger partial charge on any atom is -0.454 e.